The van der Waals surface area contributed by atoms with Crippen LogP contribution in [-0.2, 0) is 11.2 Å². The number of alkyl halides is 4. The van der Waals surface area contributed by atoms with E-state index < -0.39 is 13.2 Å². The summed E-state index contributed by atoms with van der Waals surface area (Å²) >= 11 is 0. The van der Waals surface area contributed by atoms with Crippen molar-refractivity contribution in [2.45, 2.75) is 19.6 Å². The van der Waals surface area contributed by atoms with Crippen molar-refractivity contribution in [3.05, 3.63) is 54.1 Å². The van der Waals surface area contributed by atoms with Gasteiger partial charge >= 0.3 is 13.2 Å². The Bertz CT molecular complexity index is 710. The fourth-order valence-corrected chi connectivity index (χ4v) is 2.18. The molecular weight excluding hydrogens is 368 g/mol. The van der Waals surface area contributed by atoms with E-state index in [4.69, 9.17) is 0 Å². The standard InChI is InChI=1S/C18H18F4N2O3/c19-17(20)26-14-5-1-12(2-6-14)9-10-23-16(25)11-24-13-3-7-15(8-4-13)27-18(21)22/h1-8,17-18,24H,9-11H2,(H,23,25). The third-order valence-electron chi connectivity index (χ3n) is 3.42. The van der Waals surface area contributed by atoms with E-state index in [1.807, 2.05) is 0 Å². The smallest absolute Gasteiger partial charge is 0.387 e. The summed E-state index contributed by atoms with van der Waals surface area (Å²) in [5, 5.41) is 5.57. The Balaban J connectivity index is 1.67. The molecule has 0 saturated carbocycles. The van der Waals surface area contributed by atoms with Gasteiger partial charge in [0.25, 0.3) is 0 Å². The predicted octanol–water partition coefficient (Wildman–Crippen LogP) is 3.66. The summed E-state index contributed by atoms with van der Waals surface area (Å²) < 4.78 is 56.7. The second-order valence-electron chi connectivity index (χ2n) is 5.38. The van der Waals surface area contributed by atoms with Gasteiger partial charge in [0.2, 0.25) is 5.91 Å². The molecule has 2 N–H and O–H groups in total. The topological polar surface area (TPSA) is 59.6 Å². The Morgan fingerprint density at radius 1 is 0.852 bits per heavy atom. The van der Waals surface area contributed by atoms with Crippen molar-refractivity contribution in [3.8, 4) is 11.5 Å². The van der Waals surface area contributed by atoms with Crippen LogP contribution in [0.4, 0.5) is 23.2 Å². The van der Waals surface area contributed by atoms with Gasteiger partial charge in [-0.15, -0.1) is 0 Å². The number of hydrogen-bond acceptors (Lipinski definition) is 4. The molecule has 9 heteroatoms. The minimum atomic E-state index is -2.89. The van der Waals surface area contributed by atoms with Crippen LogP contribution < -0.4 is 20.1 Å². The van der Waals surface area contributed by atoms with Crippen molar-refractivity contribution in [1.29, 1.82) is 0 Å². The van der Waals surface area contributed by atoms with Crippen molar-refractivity contribution in [1.82, 2.24) is 5.32 Å². The Morgan fingerprint density at radius 2 is 1.37 bits per heavy atom. The number of halogens is 4. The van der Waals surface area contributed by atoms with Crippen LogP contribution in [-0.4, -0.2) is 32.2 Å². The fraction of sp³-hybridized carbons (Fsp3) is 0.278. The molecule has 0 radical (unpaired) electrons. The van der Waals surface area contributed by atoms with Crippen LogP contribution in [0, 0.1) is 0 Å². The van der Waals surface area contributed by atoms with E-state index >= 15 is 0 Å². The van der Waals surface area contributed by atoms with E-state index in [-0.39, 0.29) is 24.0 Å². The van der Waals surface area contributed by atoms with Crippen molar-refractivity contribution >= 4 is 11.6 Å². The van der Waals surface area contributed by atoms with Gasteiger partial charge in [0.15, 0.2) is 0 Å². The normalized spacial score (nSPS) is 10.7. The molecule has 0 unspecified atom stereocenters. The van der Waals surface area contributed by atoms with Crippen LogP contribution >= 0.6 is 0 Å². The first-order valence-electron chi connectivity index (χ1n) is 8.01. The second kappa shape index (κ2) is 10.2. The molecule has 1 amide bonds. The highest BCUT2D eigenvalue weighted by molar-refractivity contribution is 5.80. The Hall–Kier alpha value is -2.97. The highest BCUT2D eigenvalue weighted by Gasteiger charge is 2.06. The molecule has 0 fully saturated rings. The lowest BCUT2D eigenvalue weighted by atomic mass is 10.1. The van der Waals surface area contributed by atoms with Crippen LogP contribution in [0.3, 0.4) is 0 Å². The van der Waals surface area contributed by atoms with E-state index in [1.165, 1.54) is 36.4 Å². The maximum Gasteiger partial charge on any atom is 0.387 e. The molecule has 0 atom stereocenters. The molecule has 27 heavy (non-hydrogen) atoms. The number of carbonyl (C=O) groups is 1. The van der Waals surface area contributed by atoms with Crippen molar-refractivity contribution < 1.29 is 31.8 Å². The molecule has 2 aromatic carbocycles. The largest absolute Gasteiger partial charge is 0.435 e. The van der Waals surface area contributed by atoms with E-state index in [9.17, 15) is 22.4 Å². The Kier molecular flexibility index (Phi) is 7.72. The zero-order chi connectivity index (χ0) is 19.6. The van der Waals surface area contributed by atoms with Crippen molar-refractivity contribution in [3.63, 3.8) is 0 Å². The van der Waals surface area contributed by atoms with Crippen LogP contribution in [0.25, 0.3) is 0 Å². The van der Waals surface area contributed by atoms with Crippen LogP contribution in [0.2, 0.25) is 0 Å². The first-order valence-corrected chi connectivity index (χ1v) is 8.01. The van der Waals surface area contributed by atoms with E-state index in [1.54, 1.807) is 12.1 Å². The maximum absolute atomic E-state index is 12.1. The Labute approximate surface area is 153 Å². The SMILES string of the molecule is O=C(CNc1ccc(OC(F)F)cc1)NCCc1ccc(OC(F)F)cc1. The zero-order valence-corrected chi connectivity index (χ0v) is 14.1. The number of hydrogen-bond donors (Lipinski definition) is 2. The summed E-state index contributed by atoms with van der Waals surface area (Å²) in [5.74, 6) is -0.141. The van der Waals surface area contributed by atoms with Gasteiger partial charge in [-0.05, 0) is 48.4 Å². The molecule has 0 saturated heterocycles. The summed E-state index contributed by atoms with van der Waals surface area (Å²) in [7, 11) is 0. The van der Waals surface area contributed by atoms with Crippen LogP contribution in [0.5, 0.6) is 11.5 Å². The van der Waals surface area contributed by atoms with Crippen LogP contribution in [0.15, 0.2) is 48.5 Å². The number of nitrogens with one attached hydrogen (secondary N) is 2. The lowest BCUT2D eigenvalue weighted by Crippen LogP contribution is -2.31. The third-order valence-corrected chi connectivity index (χ3v) is 3.42. The van der Waals surface area contributed by atoms with Gasteiger partial charge in [-0.1, -0.05) is 12.1 Å². The summed E-state index contributed by atoms with van der Waals surface area (Å²) in [6.07, 6.45) is 0.528. The second-order valence-corrected chi connectivity index (χ2v) is 5.38. The molecule has 0 bridgehead atoms. The zero-order valence-electron chi connectivity index (χ0n) is 14.1. The monoisotopic (exact) mass is 386 g/mol. The summed E-state index contributed by atoms with van der Waals surface area (Å²) in [5.41, 5.74) is 1.45. The molecule has 0 aliphatic rings. The van der Waals surface area contributed by atoms with Crippen molar-refractivity contribution in [2.75, 3.05) is 18.4 Å². The minimum absolute atomic E-state index is 0.0101. The van der Waals surface area contributed by atoms with E-state index in [2.05, 4.69) is 20.1 Å². The fourth-order valence-electron chi connectivity index (χ4n) is 2.18. The molecule has 146 valence electrons. The van der Waals surface area contributed by atoms with Gasteiger partial charge in [0, 0.05) is 12.2 Å². The minimum Gasteiger partial charge on any atom is -0.435 e. The molecule has 0 aliphatic heterocycles. The van der Waals surface area contributed by atoms with Gasteiger partial charge in [0.1, 0.15) is 11.5 Å². The third kappa shape index (κ3) is 7.85. The molecule has 0 spiro atoms. The number of anilines is 1. The van der Waals surface area contributed by atoms with E-state index in [0.29, 0.717) is 18.7 Å². The highest BCUT2D eigenvalue weighted by atomic mass is 19.3. The highest BCUT2D eigenvalue weighted by Crippen LogP contribution is 2.17. The van der Waals surface area contributed by atoms with Gasteiger partial charge in [-0.3, -0.25) is 4.79 Å². The molecule has 2 aromatic rings. The van der Waals surface area contributed by atoms with Gasteiger partial charge in [0.05, 0.1) is 6.54 Å². The van der Waals surface area contributed by atoms with Crippen LogP contribution in [0.1, 0.15) is 5.56 Å². The lowest BCUT2D eigenvalue weighted by Gasteiger charge is -2.09. The molecule has 0 heterocycles. The molecule has 0 aliphatic carbocycles. The summed E-state index contributed by atoms with van der Waals surface area (Å²) in [6.45, 7) is -5.37. The average Bonchev–Trinajstić information content (AvgIpc) is 2.62. The van der Waals surface area contributed by atoms with Crippen molar-refractivity contribution in [2.24, 2.45) is 0 Å². The first kappa shape index (κ1) is 20.3. The summed E-state index contributed by atoms with van der Waals surface area (Å²) in [4.78, 5) is 11.8. The molecule has 2 rings (SSSR count). The van der Waals surface area contributed by atoms with Gasteiger partial charge in [-0.25, -0.2) is 0 Å². The molecular formula is C18H18F4N2O3. The first-order chi connectivity index (χ1) is 12.9. The van der Waals surface area contributed by atoms with Gasteiger partial charge in [-0.2, -0.15) is 17.6 Å². The number of ether oxygens (including phenoxy) is 2. The lowest BCUT2D eigenvalue weighted by molar-refractivity contribution is -0.119. The molecule has 0 aromatic heterocycles. The number of amides is 1. The van der Waals surface area contributed by atoms with Gasteiger partial charge < -0.3 is 20.1 Å². The quantitative estimate of drug-likeness (QED) is 0.612. The number of benzene rings is 2. The summed E-state index contributed by atoms with van der Waals surface area (Å²) in [6, 6.07) is 11.9. The Morgan fingerprint density at radius 3 is 1.89 bits per heavy atom. The average molecular weight is 386 g/mol. The molecule has 5 nitrogen and oxygen atoms in total. The maximum atomic E-state index is 12.1. The van der Waals surface area contributed by atoms with E-state index in [0.717, 1.165) is 5.56 Å². The number of rotatable bonds is 10. The number of carbonyl (C=O) groups excluding carboxylic acids is 1. The predicted molar refractivity (Wildman–Crippen MR) is 91.4 cm³/mol.